The van der Waals surface area contributed by atoms with E-state index < -0.39 is 0 Å². The molecule has 0 radical (unpaired) electrons. The van der Waals surface area contributed by atoms with E-state index in [2.05, 4.69) is 20.3 Å². The van der Waals surface area contributed by atoms with Gasteiger partial charge in [0, 0.05) is 23.7 Å². The number of thiazole rings is 1. The van der Waals surface area contributed by atoms with E-state index in [1.807, 2.05) is 17.5 Å². The molecule has 9 heteroatoms. The highest BCUT2D eigenvalue weighted by molar-refractivity contribution is 7.14. The molecule has 0 saturated carbocycles. The standard InChI is InChI=1S/C21H20N4O4S/c1-28-14-2-4-15(5-3-14)29-11-13-10-18(27)16-6-7-22-20(19(16)24-13)17-12-30-21(25-17)23-8-9-26/h2-7,12,26H,8-11H2,1H3,(H,23,25). The van der Waals surface area contributed by atoms with Gasteiger partial charge in [-0.2, -0.15) is 0 Å². The number of ether oxygens (including phenoxy) is 2. The predicted octanol–water partition coefficient (Wildman–Crippen LogP) is 3.36. The van der Waals surface area contributed by atoms with Crippen LogP contribution >= 0.6 is 11.3 Å². The Morgan fingerprint density at radius 2 is 2.00 bits per heavy atom. The van der Waals surface area contributed by atoms with Crippen molar-refractivity contribution in [3.63, 3.8) is 0 Å². The first-order valence-corrected chi connectivity index (χ1v) is 10.2. The van der Waals surface area contributed by atoms with E-state index in [0.717, 1.165) is 5.75 Å². The summed E-state index contributed by atoms with van der Waals surface area (Å²) in [7, 11) is 1.61. The van der Waals surface area contributed by atoms with Gasteiger partial charge in [-0.05, 0) is 30.3 Å². The summed E-state index contributed by atoms with van der Waals surface area (Å²) in [5.41, 5.74) is 2.86. The molecule has 4 rings (SSSR count). The molecule has 154 valence electrons. The number of aromatic nitrogens is 2. The Balaban J connectivity index is 1.57. The number of pyridine rings is 1. The number of nitrogens with zero attached hydrogens (tertiary/aromatic N) is 3. The first-order chi connectivity index (χ1) is 14.7. The van der Waals surface area contributed by atoms with Gasteiger partial charge in [0.1, 0.15) is 35.2 Å². The minimum absolute atomic E-state index is 0.0181. The van der Waals surface area contributed by atoms with Crippen LogP contribution in [0.25, 0.3) is 11.4 Å². The number of benzene rings is 1. The van der Waals surface area contributed by atoms with Gasteiger partial charge in [-0.1, -0.05) is 0 Å². The zero-order chi connectivity index (χ0) is 20.9. The van der Waals surface area contributed by atoms with Crippen molar-refractivity contribution in [2.75, 3.05) is 32.2 Å². The second-order valence-electron chi connectivity index (χ2n) is 6.49. The van der Waals surface area contributed by atoms with Crippen LogP contribution in [0.4, 0.5) is 10.8 Å². The number of ketones is 1. The van der Waals surface area contributed by atoms with Crippen molar-refractivity contribution >= 4 is 33.7 Å². The van der Waals surface area contributed by atoms with Crippen molar-refractivity contribution in [3.05, 3.63) is 47.5 Å². The maximum absolute atomic E-state index is 12.7. The molecular formula is C21H20N4O4S. The highest BCUT2D eigenvalue weighted by Crippen LogP contribution is 2.36. The number of Topliss-reactive ketones (excluding diaryl/α,β-unsaturated/α-hetero) is 1. The number of fused-ring (bicyclic) bond motifs is 1. The summed E-state index contributed by atoms with van der Waals surface area (Å²) >= 11 is 1.41. The number of aliphatic hydroxyl groups is 1. The normalized spacial score (nSPS) is 12.9. The van der Waals surface area contributed by atoms with Gasteiger partial charge >= 0.3 is 0 Å². The molecule has 0 aliphatic carbocycles. The fourth-order valence-corrected chi connectivity index (χ4v) is 3.73. The van der Waals surface area contributed by atoms with E-state index in [1.54, 1.807) is 31.5 Å². The fourth-order valence-electron chi connectivity index (χ4n) is 3.01. The Labute approximate surface area is 177 Å². The molecule has 2 N–H and O–H groups in total. The number of aliphatic imine (C=N–C) groups is 1. The highest BCUT2D eigenvalue weighted by atomic mass is 32.1. The molecule has 0 atom stereocenters. The van der Waals surface area contributed by atoms with Crippen molar-refractivity contribution in [3.8, 4) is 22.9 Å². The quantitative estimate of drug-likeness (QED) is 0.571. The van der Waals surface area contributed by atoms with Gasteiger partial charge in [-0.15, -0.1) is 11.3 Å². The van der Waals surface area contributed by atoms with Gasteiger partial charge < -0.3 is 19.9 Å². The first kappa shape index (κ1) is 20.0. The molecule has 1 aliphatic heterocycles. The molecule has 3 aromatic rings. The highest BCUT2D eigenvalue weighted by Gasteiger charge is 2.24. The lowest BCUT2D eigenvalue weighted by molar-refractivity contribution is 0.0998. The third kappa shape index (κ3) is 4.32. The summed E-state index contributed by atoms with van der Waals surface area (Å²) < 4.78 is 10.9. The lowest BCUT2D eigenvalue weighted by Gasteiger charge is -2.17. The first-order valence-electron chi connectivity index (χ1n) is 9.34. The molecule has 0 saturated heterocycles. The van der Waals surface area contributed by atoms with E-state index in [9.17, 15) is 4.79 Å². The Hall–Kier alpha value is -3.30. The van der Waals surface area contributed by atoms with Crippen molar-refractivity contribution in [1.29, 1.82) is 0 Å². The maximum atomic E-state index is 12.7. The molecule has 1 aromatic carbocycles. The molecule has 0 fully saturated rings. The van der Waals surface area contributed by atoms with Crippen molar-refractivity contribution in [1.82, 2.24) is 9.97 Å². The lowest BCUT2D eigenvalue weighted by atomic mass is 9.99. The number of carbonyl (C=O) groups excluding carboxylic acids is 1. The molecule has 2 aromatic heterocycles. The van der Waals surface area contributed by atoms with Gasteiger partial charge in [0.25, 0.3) is 0 Å². The molecular weight excluding hydrogens is 404 g/mol. The number of carbonyl (C=O) groups is 1. The summed E-state index contributed by atoms with van der Waals surface area (Å²) in [6.45, 7) is 0.632. The second-order valence-corrected chi connectivity index (χ2v) is 7.34. The Morgan fingerprint density at radius 3 is 2.77 bits per heavy atom. The van der Waals surface area contributed by atoms with Crippen LogP contribution in [0.3, 0.4) is 0 Å². The van der Waals surface area contributed by atoms with E-state index >= 15 is 0 Å². The molecule has 0 unspecified atom stereocenters. The summed E-state index contributed by atoms with van der Waals surface area (Å²) in [5, 5.41) is 14.5. The number of hydrogen-bond acceptors (Lipinski definition) is 9. The molecule has 8 nitrogen and oxygen atoms in total. The summed E-state index contributed by atoms with van der Waals surface area (Å²) in [6, 6.07) is 8.92. The van der Waals surface area contributed by atoms with Gasteiger partial charge in [-0.3, -0.25) is 14.8 Å². The number of anilines is 1. The van der Waals surface area contributed by atoms with Crippen LogP contribution in [0.2, 0.25) is 0 Å². The van der Waals surface area contributed by atoms with E-state index in [1.165, 1.54) is 11.3 Å². The smallest absolute Gasteiger partial charge is 0.183 e. The van der Waals surface area contributed by atoms with E-state index in [0.29, 0.717) is 45.8 Å². The third-order valence-corrected chi connectivity index (χ3v) is 5.26. The van der Waals surface area contributed by atoms with Crippen LogP contribution < -0.4 is 14.8 Å². The SMILES string of the molecule is COc1ccc(OCC2=Nc3c(ccnc3-c3csc(NCCO)n3)C(=O)C2)cc1. The number of rotatable bonds is 8. The van der Waals surface area contributed by atoms with E-state index in [-0.39, 0.29) is 25.4 Å². The number of hydrogen-bond donors (Lipinski definition) is 2. The number of nitrogens with one attached hydrogen (secondary N) is 1. The van der Waals surface area contributed by atoms with Crippen LogP contribution in [0.15, 0.2) is 46.9 Å². The average molecular weight is 424 g/mol. The predicted molar refractivity (Wildman–Crippen MR) is 115 cm³/mol. The third-order valence-electron chi connectivity index (χ3n) is 4.46. The molecule has 1 aliphatic rings. The monoisotopic (exact) mass is 424 g/mol. The summed E-state index contributed by atoms with van der Waals surface area (Å²) in [5.74, 6) is 1.39. The largest absolute Gasteiger partial charge is 0.497 e. The molecule has 0 amide bonds. The maximum Gasteiger partial charge on any atom is 0.183 e. The number of methoxy groups -OCH3 is 1. The molecule has 0 spiro atoms. The molecule has 30 heavy (non-hydrogen) atoms. The zero-order valence-electron chi connectivity index (χ0n) is 16.3. The van der Waals surface area contributed by atoms with Crippen LogP contribution in [-0.4, -0.2) is 53.4 Å². The van der Waals surface area contributed by atoms with Crippen LogP contribution in [0.5, 0.6) is 11.5 Å². The Morgan fingerprint density at radius 1 is 1.20 bits per heavy atom. The lowest BCUT2D eigenvalue weighted by Crippen LogP contribution is -2.20. The minimum Gasteiger partial charge on any atom is -0.497 e. The summed E-state index contributed by atoms with van der Waals surface area (Å²) in [4.78, 5) is 26.3. The molecule has 3 heterocycles. The van der Waals surface area contributed by atoms with Crippen LogP contribution in [-0.2, 0) is 0 Å². The van der Waals surface area contributed by atoms with Gasteiger partial charge in [-0.25, -0.2) is 4.98 Å². The van der Waals surface area contributed by atoms with Gasteiger partial charge in [0.15, 0.2) is 10.9 Å². The average Bonchev–Trinajstić information content (AvgIpc) is 3.25. The minimum atomic E-state index is -0.0224. The Kier molecular flexibility index (Phi) is 6.01. The summed E-state index contributed by atoms with van der Waals surface area (Å²) in [6.07, 6.45) is 1.80. The van der Waals surface area contributed by atoms with Crippen LogP contribution in [0.1, 0.15) is 16.8 Å². The van der Waals surface area contributed by atoms with Crippen LogP contribution in [0, 0.1) is 0 Å². The van der Waals surface area contributed by atoms with Crippen molar-refractivity contribution in [2.24, 2.45) is 4.99 Å². The van der Waals surface area contributed by atoms with Gasteiger partial charge in [0.05, 0.1) is 25.8 Å². The van der Waals surface area contributed by atoms with Crippen molar-refractivity contribution < 1.29 is 19.4 Å². The second kappa shape index (κ2) is 9.02. The van der Waals surface area contributed by atoms with Gasteiger partial charge in [0.2, 0.25) is 0 Å². The van der Waals surface area contributed by atoms with Crippen molar-refractivity contribution in [2.45, 2.75) is 6.42 Å². The topological polar surface area (TPSA) is 106 Å². The zero-order valence-corrected chi connectivity index (χ0v) is 17.1. The van der Waals surface area contributed by atoms with E-state index in [4.69, 9.17) is 14.6 Å². The number of aliphatic hydroxyl groups excluding tert-OH is 1. The Bertz CT molecular complexity index is 1080. The fraction of sp³-hybridized carbons (Fsp3) is 0.238. The molecule has 0 bridgehead atoms.